The van der Waals surface area contributed by atoms with Gasteiger partial charge in [-0.3, -0.25) is 9.59 Å². The first-order chi connectivity index (χ1) is 9.59. The van der Waals surface area contributed by atoms with Crippen molar-refractivity contribution < 1.29 is 14.7 Å². The number of carboxylic acids is 1. The van der Waals surface area contributed by atoms with Gasteiger partial charge in [0, 0.05) is 19.0 Å². The molecule has 4 heteroatoms. The molecule has 0 radical (unpaired) electrons. The molecule has 114 valence electrons. The molecule has 2 atom stereocenters. The molecule has 0 bridgehead atoms. The number of aliphatic carboxylic acids is 1. The minimum atomic E-state index is -0.769. The predicted octanol–water partition coefficient (Wildman–Crippen LogP) is 3.06. The molecular formula is C16H27NO3. The third-order valence-corrected chi connectivity index (χ3v) is 5.12. The van der Waals surface area contributed by atoms with E-state index in [0.717, 1.165) is 18.8 Å². The summed E-state index contributed by atoms with van der Waals surface area (Å²) in [6.45, 7) is 2.48. The molecule has 0 aromatic rings. The molecule has 1 saturated heterocycles. The predicted molar refractivity (Wildman–Crippen MR) is 77.3 cm³/mol. The third-order valence-electron chi connectivity index (χ3n) is 5.12. The van der Waals surface area contributed by atoms with Gasteiger partial charge in [-0.05, 0) is 32.1 Å². The number of hydrogen-bond acceptors (Lipinski definition) is 2. The molecule has 1 aliphatic heterocycles. The second-order valence-corrected chi connectivity index (χ2v) is 6.46. The third kappa shape index (κ3) is 3.74. The zero-order valence-electron chi connectivity index (χ0n) is 12.5. The highest BCUT2D eigenvalue weighted by molar-refractivity contribution is 5.79. The van der Waals surface area contributed by atoms with Crippen LogP contribution in [0.15, 0.2) is 0 Å². The van der Waals surface area contributed by atoms with Gasteiger partial charge in [0.15, 0.2) is 0 Å². The quantitative estimate of drug-likeness (QED) is 0.842. The van der Waals surface area contributed by atoms with Crippen LogP contribution in [-0.4, -0.2) is 34.5 Å². The van der Waals surface area contributed by atoms with Crippen LogP contribution in [0.1, 0.15) is 64.7 Å². The number of amides is 1. The Morgan fingerprint density at radius 1 is 1.15 bits per heavy atom. The number of likely N-dealkylation sites (tertiary alicyclic amines) is 1. The summed E-state index contributed by atoms with van der Waals surface area (Å²) in [6, 6.07) is -0.144. The van der Waals surface area contributed by atoms with E-state index in [4.69, 9.17) is 5.11 Å². The monoisotopic (exact) mass is 281 g/mol. The Morgan fingerprint density at radius 3 is 2.45 bits per heavy atom. The maximum Gasteiger partial charge on any atom is 0.308 e. The lowest BCUT2D eigenvalue weighted by Gasteiger charge is -2.24. The number of carboxylic acid groups (broad SMARTS) is 1. The Kier molecular flexibility index (Phi) is 5.44. The van der Waals surface area contributed by atoms with Gasteiger partial charge in [-0.15, -0.1) is 0 Å². The zero-order valence-corrected chi connectivity index (χ0v) is 12.5. The van der Waals surface area contributed by atoms with Crippen molar-refractivity contribution >= 4 is 11.9 Å². The van der Waals surface area contributed by atoms with E-state index in [9.17, 15) is 9.59 Å². The SMILES string of the molecule is CC1C(C(=O)O)CCN1C(=O)CCCC1CCCCC1. The van der Waals surface area contributed by atoms with Gasteiger partial charge in [0.25, 0.3) is 0 Å². The number of hydrogen-bond donors (Lipinski definition) is 1. The average molecular weight is 281 g/mol. The number of carbonyl (C=O) groups excluding carboxylic acids is 1. The van der Waals surface area contributed by atoms with E-state index in [1.54, 1.807) is 4.90 Å². The highest BCUT2D eigenvalue weighted by Gasteiger charge is 2.37. The lowest BCUT2D eigenvalue weighted by molar-refractivity contribution is -0.143. The van der Waals surface area contributed by atoms with E-state index in [0.29, 0.717) is 19.4 Å². The van der Waals surface area contributed by atoms with Gasteiger partial charge in [-0.1, -0.05) is 32.1 Å². The molecule has 2 unspecified atom stereocenters. The van der Waals surface area contributed by atoms with Crippen molar-refractivity contribution in [2.24, 2.45) is 11.8 Å². The van der Waals surface area contributed by atoms with Crippen LogP contribution in [0.4, 0.5) is 0 Å². The standard InChI is InChI=1S/C16H27NO3/c1-12-14(16(19)20)10-11-17(12)15(18)9-5-8-13-6-3-2-4-7-13/h12-14H,2-11H2,1H3,(H,19,20). The van der Waals surface area contributed by atoms with Crippen molar-refractivity contribution in [3.8, 4) is 0 Å². The van der Waals surface area contributed by atoms with Gasteiger partial charge in [0.2, 0.25) is 5.91 Å². The average Bonchev–Trinajstić information content (AvgIpc) is 2.82. The lowest BCUT2D eigenvalue weighted by atomic mass is 9.86. The number of nitrogens with zero attached hydrogens (tertiary/aromatic N) is 1. The smallest absolute Gasteiger partial charge is 0.308 e. The van der Waals surface area contributed by atoms with Gasteiger partial charge in [0.05, 0.1) is 5.92 Å². The molecule has 4 nitrogen and oxygen atoms in total. The molecule has 2 fully saturated rings. The summed E-state index contributed by atoms with van der Waals surface area (Å²) >= 11 is 0. The van der Waals surface area contributed by atoms with Crippen LogP contribution in [0.5, 0.6) is 0 Å². The van der Waals surface area contributed by atoms with Gasteiger partial charge in [0.1, 0.15) is 0 Å². The Balaban J connectivity index is 1.71. The topological polar surface area (TPSA) is 57.6 Å². The Labute approximate surface area is 121 Å². The van der Waals surface area contributed by atoms with Gasteiger partial charge in [-0.25, -0.2) is 0 Å². The maximum atomic E-state index is 12.2. The van der Waals surface area contributed by atoms with Crippen molar-refractivity contribution in [3.05, 3.63) is 0 Å². The van der Waals surface area contributed by atoms with Crippen molar-refractivity contribution in [1.29, 1.82) is 0 Å². The van der Waals surface area contributed by atoms with Crippen LogP contribution < -0.4 is 0 Å². The Bertz CT molecular complexity index is 350. The molecule has 0 spiro atoms. The van der Waals surface area contributed by atoms with E-state index in [-0.39, 0.29) is 17.9 Å². The fourth-order valence-electron chi connectivity index (χ4n) is 3.78. The Hall–Kier alpha value is -1.06. The van der Waals surface area contributed by atoms with Crippen molar-refractivity contribution in [2.45, 2.75) is 70.8 Å². The normalized spacial score (nSPS) is 27.8. The van der Waals surface area contributed by atoms with Crippen LogP contribution in [-0.2, 0) is 9.59 Å². The van der Waals surface area contributed by atoms with Gasteiger partial charge < -0.3 is 10.0 Å². The molecule has 1 aliphatic carbocycles. The summed E-state index contributed by atoms with van der Waals surface area (Å²) in [5.74, 6) is -0.177. The van der Waals surface area contributed by atoms with Crippen molar-refractivity contribution in [1.82, 2.24) is 4.90 Å². The summed E-state index contributed by atoms with van der Waals surface area (Å²) in [5.41, 5.74) is 0. The molecule has 2 rings (SSSR count). The highest BCUT2D eigenvalue weighted by atomic mass is 16.4. The molecule has 0 aromatic carbocycles. The first-order valence-corrected chi connectivity index (χ1v) is 8.12. The van der Waals surface area contributed by atoms with Gasteiger partial charge >= 0.3 is 5.97 Å². The Morgan fingerprint density at radius 2 is 1.85 bits per heavy atom. The molecule has 20 heavy (non-hydrogen) atoms. The second kappa shape index (κ2) is 7.09. The minimum absolute atomic E-state index is 0.144. The number of rotatable bonds is 5. The summed E-state index contributed by atoms with van der Waals surface area (Å²) in [6.07, 6.45) is 10.0. The summed E-state index contributed by atoms with van der Waals surface area (Å²) in [5, 5.41) is 9.09. The van der Waals surface area contributed by atoms with Crippen molar-refractivity contribution in [2.75, 3.05) is 6.54 Å². The molecule has 1 N–H and O–H groups in total. The zero-order chi connectivity index (χ0) is 14.5. The van der Waals surface area contributed by atoms with Crippen molar-refractivity contribution in [3.63, 3.8) is 0 Å². The number of carbonyl (C=O) groups is 2. The van der Waals surface area contributed by atoms with E-state index in [1.165, 1.54) is 32.1 Å². The maximum absolute atomic E-state index is 12.2. The molecule has 1 heterocycles. The summed E-state index contributed by atoms with van der Waals surface area (Å²) in [4.78, 5) is 25.0. The van der Waals surface area contributed by atoms with Gasteiger partial charge in [-0.2, -0.15) is 0 Å². The highest BCUT2D eigenvalue weighted by Crippen LogP contribution is 2.29. The molecule has 2 aliphatic rings. The molecular weight excluding hydrogens is 254 g/mol. The summed E-state index contributed by atoms with van der Waals surface area (Å²) < 4.78 is 0. The lowest BCUT2D eigenvalue weighted by Crippen LogP contribution is -2.37. The largest absolute Gasteiger partial charge is 0.481 e. The molecule has 1 amide bonds. The second-order valence-electron chi connectivity index (χ2n) is 6.46. The van der Waals surface area contributed by atoms with E-state index in [2.05, 4.69) is 0 Å². The van der Waals surface area contributed by atoms with Crippen LogP contribution in [0, 0.1) is 11.8 Å². The first kappa shape index (κ1) is 15.3. The molecule has 1 saturated carbocycles. The first-order valence-electron chi connectivity index (χ1n) is 8.12. The van der Waals surface area contributed by atoms with E-state index >= 15 is 0 Å². The fourth-order valence-corrected chi connectivity index (χ4v) is 3.78. The van der Waals surface area contributed by atoms with Crippen LogP contribution in [0.2, 0.25) is 0 Å². The van der Waals surface area contributed by atoms with Crippen LogP contribution >= 0.6 is 0 Å². The van der Waals surface area contributed by atoms with E-state index in [1.807, 2.05) is 6.92 Å². The fraction of sp³-hybridized carbons (Fsp3) is 0.875. The van der Waals surface area contributed by atoms with Crippen LogP contribution in [0.3, 0.4) is 0 Å². The summed E-state index contributed by atoms with van der Waals surface area (Å²) in [7, 11) is 0. The van der Waals surface area contributed by atoms with Crippen LogP contribution in [0.25, 0.3) is 0 Å². The molecule has 0 aromatic heterocycles. The van der Waals surface area contributed by atoms with E-state index < -0.39 is 5.97 Å². The minimum Gasteiger partial charge on any atom is -0.481 e.